The average molecular weight is 360 g/mol. The Morgan fingerprint density at radius 3 is 2.44 bits per heavy atom. The molecule has 2 aromatic rings. The normalized spacial score (nSPS) is 14.9. The maximum Gasteiger partial charge on any atom is 0.323 e. The van der Waals surface area contributed by atoms with E-state index in [4.69, 9.17) is 0 Å². The third-order valence-electron chi connectivity index (χ3n) is 4.10. The SMILES string of the molecule is Cc1cc(N2CCN(C(=O)Nc3nc(C)cs3)CC2)nc(C(C)C)n1. The van der Waals surface area contributed by atoms with Crippen LogP contribution in [0, 0.1) is 13.8 Å². The highest BCUT2D eigenvalue weighted by atomic mass is 32.1. The first-order valence-corrected chi connectivity index (χ1v) is 9.39. The van der Waals surface area contributed by atoms with Gasteiger partial charge in [0.2, 0.25) is 0 Å². The van der Waals surface area contributed by atoms with Gasteiger partial charge in [-0.05, 0) is 13.8 Å². The van der Waals surface area contributed by atoms with E-state index in [1.165, 1.54) is 11.3 Å². The summed E-state index contributed by atoms with van der Waals surface area (Å²) in [7, 11) is 0. The second kappa shape index (κ2) is 7.35. The molecule has 0 saturated carbocycles. The van der Waals surface area contributed by atoms with E-state index in [2.05, 4.69) is 39.0 Å². The van der Waals surface area contributed by atoms with E-state index in [-0.39, 0.29) is 6.03 Å². The van der Waals surface area contributed by atoms with Gasteiger partial charge in [-0.3, -0.25) is 5.32 Å². The number of thiazole rings is 1. The monoisotopic (exact) mass is 360 g/mol. The molecule has 25 heavy (non-hydrogen) atoms. The molecule has 8 heteroatoms. The first-order chi connectivity index (χ1) is 11.9. The number of piperazine rings is 1. The molecule has 0 aromatic carbocycles. The number of amides is 2. The molecule has 0 atom stereocenters. The maximum atomic E-state index is 12.4. The van der Waals surface area contributed by atoms with Gasteiger partial charge in [-0.1, -0.05) is 13.8 Å². The van der Waals surface area contributed by atoms with Gasteiger partial charge in [-0.15, -0.1) is 11.3 Å². The van der Waals surface area contributed by atoms with Crippen molar-refractivity contribution < 1.29 is 4.79 Å². The Morgan fingerprint density at radius 1 is 1.12 bits per heavy atom. The molecule has 3 heterocycles. The van der Waals surface area contributed by atoms with Gasteiger partial charge in [0.25, 0.3) is 0 Å². The highest BCUT2D eigenvalue weighted by molar-refractivity contribution is 7.13. The summed E-state index contributed by atoms with van der Waals surface area (Å²) in [5.74, 6) is 2.12. The third kappa shape index (κ3) is 4.25. The molecule has 1 fully saturated rings. The molecular weight excluding hydrogens is 336 g/mol. The molecule has 7 nitrogen and oxygen atoms in total. The lowest BCUT2D eigenvalue weighted by atomic mass is 10.2. The Balaban J connectivity index is 1.61. The number of hydrogen-bond acceptors (Lipinski definition) is 6. The number of urea groups is 1. The largest absolute Gasteiger partial charge is 0.353 e. The fraction of sp³-hybridized carbons (Fsp3) is 0.529. The van der Waals surface area contributed by atoms with Crippen molar-refractivity contribution in [1.82, 2.24) is 19.9 Å². The second-order valence-corrected chi connectivity index (χ2v) is 7.44. The quantitative estimate of drug-likeness (QED) is 0.911. The summed E-state index contributed by atoms with van der Waals surface area (Å²) >= 11 is 1.45. The molecule has 1 saturated heterocycles. The van der Waals surface area contributed by atoms with Gasteiger partial charge in [0, 0.05) is 49.2 Å². The Morgan fingerprint density at radius 2 is 1.84 bits per heavy atom. The number of aryl methyl sites for hydroxylation is 2. The zero-order valence-corrected chi connectivity index (χ0v) is 15.9. The van der Waals surface area contributed by atoms with E-state index in [1.807, 2.05) is 30.2 Å². The van der Waals surface area contributed by atoms with Crippen molar-refractivity contribution in [2.45, 2.75) is 33.6 Å². The molecule has 0 unspecified atom stereocenters. The van der Waals surface area contributed by atoms with Crippen molar-refractivity contribution >= 4 is 28.3 Å². The molecule has 0 radical (unpaired) electrons. The van der Waals surface area contributed by atoms with E-state index in [0.717, 1.165) is 36.1 Å². The number of nitrogens with zero attached hydrogens (tertiary/aromatic N) is 5. The Labute approximate surface area is 152 Å². The third-order valence-corrected chi connectivity index (χ3v) is 4.97. The van der Waals surface area contributed by atoms with Crippen LogP contribution in [0.5, 0.6) is 0 Å². The van der Waals surface area contributed by atoms with Crippen LogP contribution < -0.4 is 10.2 Å². The first kappa shape index (κ1) is 17.6. The zero-order chi connectivity index (χ0) is 18.0. The van der Waals surface area contributed by atoms with Gasteiger partial charge < -0.3 is 9.80 Å². The van der Waals surface area contributed by atoms with Gasteiger partial charge in [-0.2, -0.15) is 0 Å². The van der Waals surface area contributed by atoms with Crippen LogP contribution in [-0.2, 0) is 0 Å². The van der Waals surface area contributed by atoms with Crippen molar-refractivity contribution in [2.75, 3.05) is 36.4 Å². The summed E-state index contributed by atoms with van der Waals surface area (Å²) in [6, 6.07) is 1.93. The molecule has 1 N–H and O–H groups in total. The van der Waals surface area contributed by atoms with E-state index < -0.39 is 0 Å². The number of nitrogens with one attached hydrogen (secondary N) is 1. The fourth-order valence-corrected chi connectivity index (χ4v) is 3.39. The molecule has 3 rings (SSSR count). The minimum atomic E-state index is -0.0873. The summed E-state index contributed by atoms with van der Waals surface area (Å²) in [5.41, 5.74) is 1.90. The van der Waals surface area contributed by atoms with E-state index in [1.54, 1.807) is 0 Å². The summed E-state index contributed by atoms with van der Waals surface area (Å²) in [5, 5.41) is 5.45. The van der Waals surface area contributed by atoms with Crippen LogP contribution in [0.25, 0.3) is 0 Å². The van der Waals surface area contributed by atoms with E-state index in [9.17, 15) is 4.79 Å². The minimum Gasteiger partial charge on any atom is -0.353 e. The molecule has 2 amide bonds. The molecule has 134 valence electrons. The number of anilines is 2. The highest BCUT2D eigenvalue weighted by Crippen LogP contribution is 2.19. The Kier molecular flexibility index (Phi) is 5.17. The standard InChI is InChI=1S/C17H24N6OS/c1-11(2)15-18-12(3)9-14(20-15)22-5-7-23(8-6-22)17(24)21-16-19-13(4)10-25-16/h9-11H,5-8H2,1-4H3,(H,19,21,24). The van der Waals surface area contributed by atoms with Crippen molar-refractivity contribution in [3.63, 3.8) is 0 Å². The maximum absolute atomic E-state index is 12.4. The molecular formula is C17H24N6OS. The summed E-state index contributed by atoms with van der Waals surface area (Å²) in [4.78, 5) is 29.9. The van der Waals surface area contributed by atoms with Crippen LogP contribution in [0.3, 0.4) is 0 Å². The zero-order valence-electron chi connectivity index (χ0n) is 15.1. The topological polar surface area (TPSA) is 74.2 Å². The molecule has 0 aliphatic carbocycles. The van der Waals surface area contributed by atoms with Crippen LogP contribution in [0.4, 0.5) is 15.7 Å². The minimum absolute atomic E-state index is 0.0873. The fourth-order valence-electron chi connectivity index (χ4n) is 2.72. The number of aromatic nitrogens is 3. The number of rotatable bonds is 3. The molecule has 0 bridgehead atoms. The van der Waals surface area contributed by atoms with Crippen LogP contribution in [-0.4, -0.2) is 52.1 Å². The number of carbonyl (C=O) groups is 1. The predicted octanol–water partition coefficient (Wildman–Crippen LogP) is 3.03. The van der Waals surface area contributed by atoms with Crippen molar-refractivity contribution in [2.24, 2.45) is 0 Å². The van der Waals surface area contributed by atoms with E-state index >= 15 is 0 Å². The van der Waals surface area contributed by atoms with Crippen LogP contribution in [0.2, 0.25) is 0 Å². The Bertz CT molecular complexity index is 751. The van der Waals surface area contributed by atoms with Crippen molar-refractivity contribution in [3.05, 3.63) is 28.7 Å². The first-order valence-electron chi connectivity index (χ1n) is 8.51. The number of carbonyl (C=O) groups excluding carboxylic acids is 1. The summed E-state index contributed by atoms with van der Waals surface area (Å²) < 4.78 is 0. The summed E-state index contributed by atoms with van der Waals surface area (Å²) in [6.07, 6.45) is 0. The van der Waals surface area contributed by atoms with E-state index in [0.29, 0.717) is 24.1 Å². The second-order valence-electron chi connectivity index (χ2n) is 6.58. The lowest BCUT2D eigenvalue weighted by molar-refractivity contribution is 0.208. The number of hydrogen-bond donors (Lipinski definition) is 1. The molecule has 2 aromatic heterocycles. The highest BCUT2D eigenvalue weighted by Gasteiger charge is 2.23. The Hall–Kier alpha value is -2.22. The van der Waals surface area contributed by atoms with Crippen LogP contribution >= 0.6 is 11.3 Å². The lowest BCUT2D eigenvalue weighted by Gasteiger charge is -2.35. The smallest absolute Gasteiger partial charge is 0.323 e. The van der Waals surface area contributed by atoms with Crippen LogP contribution in [0.1, 0.15) is 37.0 Å². The predicted molar refractivity (Wildman–Crippen MR) is 101 cm³/mol. The summed E-state index contributed by atoms with van der Waals surface area (Å²) in [6.45, 7) is 11.0. The van der Waals surface area contributed by atoms with Gasteiger partial charge >= 0.3 is 6.03 Å². The van der Waals surface area contributed by atoms with Gasteiger partial charge in [0.1, 0.15) is 11.6 Å². The average Bonchev–Trinajstić information content (AvgIpc) is 2.99. The van der Waals surface area contributed by atoms with Gasteiger partial charge in [0.05, 0.1) is 5.69 Å². The van der Waals surface area contributed by atoms with Gasteiger partial charge in [-0.25, -0.2) is 19.7 Å². The van der Waals surface area contributed by atoms with Crippen molar-refractivity contribution in [1.29, 1.82) is 0 Å². The van der Waals surface area contributed by atoms with Crippen LogP contribution in [0.15, 0.2) is 11.4 Å². The molecule has 0 spiro atoms. The lowest BCUT2D eigenvalue weighted by Crippen LogP contribution is -2.50. The molecule has 1 aliphatic rings. The molecule has 1 aliphatic heterocycles. The van der Waals surface area contributed by atoms with Gasteiger partial charge in [0.15, 0.2) is 5.13 Å². The van der Waals surface area contributed by atoms with Crippen molar-refractivity contribution in [3.8, 4) is 0 Å².